The molecule has 0 saturated carbocycles. The molecule has 2 unspecified atom stereocenters. The molecule has 2 atom stereocenters. The lowest BCUT2D eigenvalue weighted by Gasteiger charge is -2.35. The quantitative estimate of drug-likeness (QED) is 0.735. The summed E-state index contributed by atoms with van der Waals surface area (Å²) in [5.74, 6) is -0.411. The van der Waals surface area contributed by atoms with Crippen molar-refractivity contribution in [3.8, 4) is 0 Å². The van der Waals surface area contributed by atoms with Crippen molar-refractivity contribution in [2.75, 3.05) is 6.61 Å². The molecule has 3 N–H and O–H groups in total. The fourth-order valence-electron chi connectivity index (χ4n) is 2.47. The average molecular weight is 292 g/mol. The molecule has 0 radical (unpaired) electrons. The summed E-state index contributed by atoms with van der Waals surface area (Å²) in [6, 6.07) is 9.67. The van der Waals surface area contributed by atoms with Gasteiger partial charge in [-0.15, -0.1) is 0 Å². The van der Waals surface area contributed by atoms with Crippen molar-refractivity contribution in [2.24, 2.45) is 5.73 Å². The second-order valence-corrected chi connectivity index (χ2v) is 5.84. The molecule has 1 aromatic carbocycles. The third-order valence-electron chi connectivity index (χ3n) is 3.50. The van der Waals surface area contributed by atoms with Crippen molar-refractivity contribution in [1.82, 2.24) is 5.32 Å². The number of hydrogen-bond donors (Lipinski definition) is 2. The summed E-state index contributed by atoms with van der Waals surface area (Å²) in [4.78, 5) is 12.2. The SMILES string of the molecule is CCCC(C)OCC(NC(C)C)(C(N)=O)c1ccccc1. The van der Waals surface area contributed by atoms with Crippen LogP contribution in [0.3, 0.4) is 0 Å². The van der Waals surface area contributed by atoms with E-state index in [2.05, 4.69) is 12.2 Å². The molecule has 4 nitrogen and oxygen atoms in total. The summed E-state index contributed by atoms with van der Waals surface area (Å²) in [5, 5.41) is 3.31. The molecular formula is C17H28N2O2. The smallest absolute Gasteiger partial charge is 0.244 e. The van der Waals surface area contributed by atoms with Crippen LogP contribution in [-0.2, 0) is 15.1 Å². The Morgan fingerprint density at radius 1 is 1.29 bits per heavy atom. The maximum absolute atomic E-state index is 12.2. The van der Waals surface area contributed by atoms with Gasteiger partial charge in [0, 0.05) is 6.04 Å². The van der Waals surface area contributed by atoms with Gasteiger partial charge in [0.1, 0.15) is 5.54 Å². The van der Waals surface area contributed by atoms with Crippen LogP contribution in [0.4, 0.5) is 0 Å². The minimum absolute atomic E-state index is 0.103. The summed E-state index contributed by atoms with van der Waals surface area (Å²) in [7, 11) is 0. The van der Waals surface area contributed by atoms with Crippen LogP contribution in [-0.4, -0.2) is 24.7 Å². The van der Waals surface area contributed by atoms with Gasteiger partial charge in [0.2, 0.25) is 5.91 Å². The summed E-state index contributed by atoms with van der Waals surface area (Å²) in [6.45, 7) is 8.37. The van der Waals surface area contributed by atoms with E-state index >= 15 is 0 Å². The summed E-state index contributed by atoms with van der Waals surface area (Å²) < 4.78 is 5.90. The van der Waals surface area contributed by atoms with Crippen molar-refractivity contribution in [1.29, 1.82) is 0 Å². The maximum Gasteiger partial charge on any atom is 0.244 e. The van der Waals surface area contributed by atoms with E-state index in [1.54, 1.807) is 0 Å². The Labute approximate surface area is 128 Å². The van der Waals surface area contributed by atoms with Gasteiger partial charge in [-0.05, 0) is 32.8 Å². The van der Waals surface area contributed by atoms with Gasteiger partial charge in [0.05, 0.1) is 12.7 Å². The van der Waals surface area contributed by atoms with Crippen molar-refractivity contribution in [3.05, 3.63) is 35.9 Å². The van der Waals surface area contributed by atoms with Gasteiger partial charge in [-0.25, -0.2) is 0 Å². The highest BCUT2D eigenvalue weighted by Crippen LogP contribution is 2.23. The van der Waals surface area contributed by atoms with E-state index < -0.39 is 11.4 Å². The van der Waals surface area contributed by atoms with E-state index in [9.17, 15) is 4.79 Å². The van der Waals surface area contributed by atoms with Crippen LogP contribution < -0.4 is 11.1 Å². The summed E-state index contributed by atoms with van der Waals surface area (Å²) >= 11 is 0. The summed E-state index contributed by atoms with van der Waals surface area (Å²) in [5.41, 5.74) is 5.58. The first-order chi connectivity index (χ1) is 9.92. The fourth-order valence-corrected chi connectivity index (χ4v) is 2.47. The average Bonchev–Trinajstić information content (AvgIpc) is 2.44. The normalized spacial score (nSPS) is 15.7. The largest absolute Gasteiger partial charge is 0.376 e. The second kappa shape index (κ2) is 8.15. The van der Waals surface area contributed by atoms with Crippen LogP contribution in [0.15, 0.2) is 30.3 Å². The Balaban J connectivity index is 3.05. The molecule has 0 heterocycles. The topological polar surface area (TPSA) is 64.3 Å². The molecule has 4 heteroatoms. The number of carbonyl (C=O) groups is 1. The lowest BCUT2D eigenvalue weighted by molar-refractivity contribution is -0.129. The van der Waals surface area contributed by atoms with E-state index in [1.807, 2.05) is 51.1 Å². The molecule has 0 spiro atoms. The number of nitrogens with one attached hydrogen (secondary N) is 1. The van der Waals surface area contributed by atoms with Gasteiger partial charge in [0.15, 0.2) is 0 Å². The molecule has 0 bridgehead atoms. The Hall–Kier alpha value is -1.39. The van der Waals surface area contributed by atoms with Crippen molar-refractivity contribution in [3.63, 3.8) is 0 Å². The molecular weight excluding hydrogens is 264 g/mol. The molecule has 1 amide bonds. The van der Waals surface area contributed by atoms with Crippen LogP contribution in [0.25, 0.3) is 0 Å². The minimum Gasteiger partial charge on any atom is -0.376 e. The van der Waals surface area contributed by atoms with Crippen LogP contribution in [0, 0.1) is 0 Å². The number of amides is 1. The van der Waals surface area contributed by atoms with Crippen molar-refractivity contribution >= 4 is 5.91 Å². The van der Waals surface area contributed by atoms with Crippen LogP contribution >= 0.6 is 0 Å². The number of carbonyl (C=O) groups excluding carboxylic acids is 1. The van der Waals surface area contributed by atoms with Gasteiger partial charge in [0.25, 0.3) is 0 Å². The van der Waals surface area contributed by atoms with Gasteiger partial charge >= 0.3 is 0 Å². The minimum atomic E-state index is -0.989. The lowest BCUT2D eigenvalue weighted by atomic mass is 9.89. The third kappa shape index (κ3) is 4.83. The number of hydrogen-bond acceptors (Lipinski definition) is 3. The highest BCUT2D eigenvalue weighted by Gasteiger charge is 2.39. The zero-order valence-corrected chi connectivity index (χ0v) is 13.6. The number of rotatable bonds is 9. The van der Waals surface area contributed by atoms with Gasteiger partial charge in [-0.1, -0.05) is 43.7 Å². The molecule has 0 aliphatic heterocycles. The highest BCUT2D eigenvalue weighted by atomic mass is 16.5. The zero-order valence-electron chi connectivity index (χ0n) is 13.6. The Bertz CT molecular complexity index is 434. The molecule has 0 aromatic heterocycles. The second-order valence-electron chi connectivity index (χ2n) is 5.84. The molecule has 0 fully saturated rings. The van der Waals surface area contributed by atoms with E-state index in [0.29, 0.717) is 0 Å². The number of ether oxygens (including phenoxy) is 1. The molecule has 1 aromatic rings. The molecule has 1 rings (SSSR count). The van der Waals surface area contributed by atoms with E-state index in [4.69, 9.17) is 10.5 Å². The standard InChI is InChI=1S/C17H28N2O2/c1-5-9-14(4)21-12-17(16(18)20,19-13(2)3)15-10-7-6-8-11-15/h6-8,10-11,13-14,19H,5,9,12H2,1-4H3,(H2,18,20). The fraction of sp³-hybridized carbons (Fsp3) is 0.588. The molecule has 0 aliphatic carbocycles. The van der Waals surface area contributed by atoms with Gasteiger partial charge < -0.3 is 10.5 Å². The Morgan fingerprint density at radius 2 is 1.90 bits per heavy atom. The predicted molar refractivity (Wildman–Crippen MR) is 85.9 cm³/mol. The van der Waals surface area contributed by atoms with Crippen LogP contribution in [0.5, 0.6) is 0 Å². The molecule has 0 saturated heterocycles. The number of nitrogens with two attached hydrogens (primary N) is 1. The van der Waals surface area contributed by atoms with E-state index in [0.717, 1.165) is 18.4 Å². The number of primary amides is 1. The lowest BCUT2D eigenvalue weighted by Crippen LogP contribution is -2.58. The highest BCUT2D eigenvalue weighted by molar-refractivity contribution is 5.86. The first-order valence-corrected chi connectivity index (χ1v) is 7.67. The summed E-state index contributed by atoms with van der Waals surface area (Å²) in [6.07, 6.45) is 2.12. The molecule has 21 heavy (non-hydrogen) atoms. The third-order valence-corrected chi connectivity index (χ3v) is 3.50. The molecule has 118 valence electrons. The van der Waals surface area contributed by atoms with Crippen molar-refractivity contribution in [2.45, 2.75) is 58.2 Å². The van der Waals surface area contributed by atoms with E-state index in [1.165, 1.54) is 0 Å². The first kappa shape index (κ1) is 17.7. The van der Waals surface area contributed by atoms with Crippen LogP contribution in [0.2, 0.25) is 0 Å². The Morgan fingerprint density at radius 3 is 2.38 bits per heavy atom. The molecule has 0 aliphatic rings. The Kier molecular flexibility index (Phi) is 6.85. The van der Waals surface area contributed by atoms with E-state index in [-0.39, 0.29) is 18.8 Å². The maximum atomic E-state index is 12.2. The number of benzene rings is 1. The monoisotopic (exact) mass is 292 g/mol. The van der Waals surface area contributed by atoms with Gasteiger partial charge in [-0.3, -0.25) is 10.1 Å². The van der Waals surface area contributed by atoms with Gasteiger partial charge in [-0.2, -0.15) is 0 Å². The van der Waals surface area contributed by atoms with Crippen LogP contribution in [0.1, 0.15) is 46.1 Å². The first-order valence-electron chi connectivity index (χ1n) is 7.67. The van der Waals surface area contributed by atoms with Crippen molar-refractivity contribution < 1.29 is 9.53 Å². The zero-order chi connectivity index (χ0) is 15.9. The predicted octanol–water partition coefficient (Wildman–Crippen LogP) is 2.57.